The number of benzene rings is 2. The highest BCUT2D eigenvalue weighted by Gasteiger charge is 2.41. The summed E-state index contributed by atoms with van der Waals surface area (Å²) in [5.74, 6) is 0.424. The maximum atomic E-state index is 13.1. The van der Waals surface area contributed by atoms with Crippen molar-refractivity contribution in [2.45, 2.75) is 63.5 Å². The molecule has 1 amide bonds. The van der Waals surface area contributed by atoms with Crippen LogP contribution in [0.1, 0.15) is 52.9 Å². The van der Waals surface area contributed by atoms with Crippen LogP contribution in [0, 0.1) is 6.92 Å². The van der Waals surface area contributed by atoms with E-state index in [4.69, 9.17) is 4.74 Å². The number of hydrogen-bond acceptors (Lipinski definition) is 4. The summed E-state index contributed by atoms with van der Waals surface area (Å²) in [6.07, 6.45) is 2.79. The first kappa shape index (κ1) is 24.4. The van der Waals surface area contributed by atoms with Gasteiger partial charge in [0.1, 0.15) is 5.75 Å². The molecule has 9 heteroatoms. The van der Waals surface area contributed by atoms with E-state index in [1.165, 1.54) is 12.1 Å². The summed E-state index contributed by atoms with van der Waals surface area (Å²) in [6.45, 7) is 2.40. The summed E-state index contributed by atoms with van der Waals surface area (Å²) in [6, 6.07) is 11.4. The summed E-state index contributed by atoms with van der Waals surface area (Å²) >= 11 is 0. The molecule has 36 heavy (non-hydrogen) atoms. The number of alkyl halides is 3. The van der Waals surface area contributed by atoms with Crippen LogP contribution in [0.4, 0.5) is 13.2 Å². The second-order valence-electron chi connectivity index (χ2n) is 9.71. The Morgan fingerprint density at radius 3 is 2.53 bits per heavy atom. The minimum Gasteiger partial charge on any atom is -0.495 e. The topological polar surface area (TPSA) is 59.4 Å². The van der Waals surface area contributed by atoms with Crippen LogP contribution in [0.5, 0.6) is 5.75 Å². The van der Waals surface area contributed by atoms with Crippen molar-refractivity contribution < 1.29 is 22.7 Å². The Morgan fingerprint density at radius 2 is 1.89 bits per heavy atom. The van der Waals surface area contributed by atoms with E-state index in [9.17, 15) is 18.0 Å². The third kappa shape index (κ3) is 4.97. The molecule has 2 atom stereocenters. The molecule has 2 aromatic carbocycles. The Bertz CT molecular complexity index is 1240. The zero-order chi connectivity index (χ0) is 25.4. The molecule has 6 nitrogen and oxygen atoms in total. The van der Waals surface area contributed by atoms with Crippen molar-refractivity contribution >= 4 is 5.91 Å². The van der Waals surface area contributed by atoms with Gasteiger partial charge in [-0.05, 0) is 62.4 Å². The van der Waals surface area contributed by atoms with Gasteiger partial charge >= 0.3 is 6.18 Å². The number of hydrogen-bond donors (Lipinski definition) is 1. The molecule has 0 saturated carbocycles. The van der Waals surface area contributed by atoms with Crippen LogP contribution < -0.4 is 10.1 Å². The molecular formula is C27H29F3N4O2. The largest absolute Gasteiger partial charge is 0.495 e. The van der Waals surface area contributed by atoms with Crippen molar-refractivity contribution in [3.8, 4) is 11.4 Å². The molecule has 5 rings (SSSR count). The number of methoxy groups -OCH3 is 1. The van der Waals surface area contributed by atoms with Crippen LogP contribution in [0.25, 0.3) is 5.69 Å². The van der Waals surface area contributed by atoms with Gasteiger partial charge in [0.2, 0.25) is 0 Å². The molecule has 190 valence electrons. The van der Waals surface area contributed by atoms with Crippen LogP contribution in [0.15, 0.2) is 55.0 Å². The first-order valence-electron chi connectivity index (χ1n) is 12.1. The Hall–Kier alpha value is -3.33. The van der Waals surface area contributed by atoms with Crippen molar-refractivity contribution in [1.29, 1.82) is 0 Å². The molecule has 1 aromatic heterocycles. The molecule has 2 aliphatic heterocycles. The third-order valence-corrected chi connectivity index (χ3v) is 7.27. The van der Waals surface area contributed by atoms with E-state index in [1.807, 2.05) is 23.8 Å². The Morgan fingerprint density at radius 1 is 1.14 bits per heavy atom. The lowest BCUT2D eigenvalue weighted by Crippen LogP contribution is -2.50. The fourth-order valence-corrected chi connectivity index (χ4v) is 5.56. The monoisotopic (exact) mass is 498 g/mol. The first-order valence-corrected chi connectivity index (χ1v) is 12.1. The zero-order valence-electron chi connectivity index (χ0n) is 20.3. The number of aromatic nitrogens is 2. The van der Waals surface area contributed by atoms with Crippen LogP contribution in [0.3, 0.4) is 0 Å². The third-order valence-electron chi connectivity index (χ3n) is 7.27. The number of rotatable bonds is 6. The highest BCUT2D eigenvalue weighted by molar-refractivity contribution is 5.95. The first-order chi connectivity index (χ1) is 17.2. The van der Waals surface area contributed by atoms with E-state index < -0.39 is 11.7 Å². The highest BCUT2D eigenvalue weighted by atomic mass is 19.4. The van der Waals surface area contributed by atoms with Gasteiger partial charge in [-0.15, -0.1) is 0 Å². The van der Waals surface area contributed by atoms with E-state index in [2.05, 4.69) is 15.2 Å². The van der Waals surface area contributed by atoms with Gasteiger partial charge in [0, 0.05) is 36.4 Å². The lowest BCUT2D eigenvalue weighted by molar-refractivity contribution is -0.137. The molecule has 2 fully saturated rings. The van der Waals surface area contributed by atoms with E-state index in [1.54, 1.807) is 31.6 Å². The second-order valence-corrected chi connectivity index (χ2v) is 9.71. The summed E-state index contributed by atoms with van der Waals surface area (Å²) in [7, 11) is 1.57. The summed E-state index contributed by atoms with van der Waals surface area (Å²) < 4.78 is 46.7. The van der Waals surface area contributed by atoms with Crippen LogP contribution in [-0.4, -0.2) is 45.6 Å². The fourth-order valence-electron chi connectivity index (χ4n) is 5.56. The summed E-state index contributed by atoms with van der Waals surface area (Å²) in [4.78, 5) is 19.6. The van der Waals surface area contributed by atoms with Gasteiger partial charge in [0.15, 0.2) is 0 Å². The Labute approximate surface area is 208 Å². The number of ether oxygens (including phenoxy) is 1. The molecule has 0 radical (unpaired) electrons. The van der Waals surface area contributed by atoms with Gasteiger partial charge < -0.3 is 14.6 Å². The van der Waals surface area contributed by atoms with Crippen molar-refractivity contribution in [2.24, 2.45) is 0 Å². The molecule has 3 heterocycles. The van der Waals surface area contributed by atoms with Gasteiger partial charge in [-0.25, -0.2) is 4.98 Å². The average Bonchev–Trinajstić information content (AvgIpc) is 3.37. The molecule has 2 aliphatic rings. The lowest BCUT2D eigenvalue weighted by Gasteiger charge is -2.39. The molecule has 0 aliphatic carbocycles. The molecule has 3 aromatic rings. The quantitative estimate of drug-likeness (QED) is 0.512. The number of imidazole rings is 1. The number of carbonyl (C=O) groups excluding carboxylic acids is 1. The predicted octanol–water partition coefficient (Wildman–Crippen LogP) is 5.13. The van der Waals surface area contributed by atoms with Crippen molar-refractivity contribution in [2.75, 3.05) is 7.11 Å². The van der Waals surface area contributed by atoms with E-state index in [0.29, 0.717) is 23.4 Å². The summed E-state index contributed by atoms with van der Waals surface area (Å²) in [5.41, 5.74) is 2.26. The number of piperidine rings is 1. The molecule has 0 spiro atoms. The molecular weight excluding hydrogens is 469 g/mol. The number of aryl methyl sites for hydroxylation is 1. The van der Waals surface area contributed by atoms with Crippen LogP contribution in [0.2, 0.25) is 0 Å². The lowest BCUT2D eigenvalue weighted by atomic mass is 9.96. The smallest absolute Gasteiger partial charge is 0.416 e. The number of amides is 1. The molecule has 2 unspecified atom stereocenters. The number of carbonyl (C=O) groups is 1. The van der Waals surface area contributed by atoms with Crippen molar-refractivity contribution in [3.63, 3.8) is 0 Å². The molecule has 2 saturated heterocycles. The number of nitrogens with one attached hydrogen (secondary N) is 1. The number of halogens is 3. The van der Waals surface area contributed by atoms with Crippen LogP contribution >= 0.6 is 0 Å². The SMILES string of the molecule is COc1cc(C(=O)NC2CC3CCC(C2)N3Cc2cccc(C(F)(F)F)c2)ccc1-n1cnc(C)c1. The van der Waals surface area contributed by atoms with E-state index in [0.717, 1.165) is 43.1 Å². The highest BCUT2D eigenvalue weighted by Crippen LogP contribution is 2.38. The zero-order valence-corrected chi connectivity index (χ0v) is 20.3. The normalized spacial score (nSPS) is 22.0. The minimum atomic E-state index is -4.34. The van der Waals surface area contributed by atoms with E-state index >= 15 is 0 Å². The van der Waals surface area contributed by atoms with Crippen LogP contribution in [-0.2, 0) is 12.7 Å². The minimum absolute atomic E-state index is 0.0229. The molecule has 2 bridgehead atoms. The van der Waals surface area contributed by atoms with Gasteiger partial charge in [0.05, 0.1) is 30.4 Å². The fraction of sp³-hybridized carbons (Fsp3) is 0.407. The van der Waals surface area contributed by atoms with Gasteiger partial charge in [-0.1, -0.05) is 18.2 Å². The number of fused-ring (bicyclic) bond motifs is 2. The van der Waals surface area contributed by atoms with Gasteiger partial charge in [-0.3, -0.25) is 9.69 Å². The Kier molecular flexibility index (Phi) is 6.51. The standard InChI is InChI=1S/C27H29F3N4O2/c1-17-14-33(16-31-17)24-9-6-19(11-25(24)36-2)26(35)32-21-12-22-7-8-23(13-21)34(22)15-18-4-3-5-20(10-18)27(28,29)30/h3-6,9-11,14,16,21-23H,7-8,12-13,15H2,1-2H3,(H,32,35). The van der Waals surface area contributed by atoms with E-state index in [-0.39, 0.29) is 24.0 Å². The van der Waals surface area contributed by atoms with Gasteiger partial charge in [-0.2, -0.15) is 13.2 Å². The maximum absolute atomic E-state index is 13.1. The van der Waals surface area contributed by atoms with Gasteiger partial charge in [0.25, 0.3) is 5.91 Å². The molecule has 1 N–H and O–H groups in total. The Balaban J connectivity index is 1.24. The average molecular weight is 499 g/mol. The number of nitrogens with zero attached hydrogens (tertiary/aromatic N) is 3. The summed E-state index contributed by atoms with van der Waals surface area (Å²) in [5, 5.41) is 3.18. The maximum Gasteiger partial charge on any atom is 0.416 e. The van der Waals surface area contributed by atoms with Crippen molar-refractivity contribution in [1.82, 2.24) is 19.8 Å². The second kappa shape index (κ2) is 9.61. The predicted molar refractivity (Wildman–Crippen MR) is 129 cm³/mol. The van der Waals surface area contributed by atoms with Crippen molar-refractivity contribution in [3.05, 3.63) is 77.4 Å².